The van der Waals surface area contributed by atoms with Gasteiger partial charge in [0.2, 0.25) is 0 Å². The van der Waals surface area contributed by atoms with Crippen LogP contribution in [-0.4, -0.2) is 24.7 Å². The summed E-state index contributed by atoms with van der Waals surface area (Å²) in [7, 11) is 0. The van der Waals surface area contributed by atoms with Gasteiger partial charge in [-0.3, -0.25) is 4.79 Å². The molecule has 2 rings (SSSR count). The first-order valence-corrected chi connectivity index (χ1v) is 5.76. The molecule has 1 saturated heterocycles. The molecule has 1 N–H and O–H groups in total. The average Bonchev–Trinajstić information content (AvgIpc) is 2.68. The van der Waals surface area contributed by atoms with E-state index in [2.05, 4.69) is 5.32 Å². The number of rotatable bonds is 2. The highest BCUT2D eigenvalue weighted by atomic mass is 19.1. The van der Waals surface area contributed by atoms with E-state index in [1.165, 1.54) is 6.07 Å². The van der Waals surface area contributed by atoms with Gasteiger partial charge in [-0.05, 0) is 32.4 Å². The topological polar surface area (TPSA) is 38.3 Å². The van der Waals surface area contributed by atoms with Gasteiger partial charge < -0.3 is 10.1 Å². The van der Waals surface area contributed by atoms with Gasteiger partial charge in [0.15, 0.2) is 0 Å². The van der Waals surface area contributed by atoms with Crippen molar-refractivity contribution in [2.45, 2.75) is 32.4 Å². The second-order valence-electron chi connectivity index (χ2n) is 4.43. The number of benzene rings is 1. The van der Waals surface area contributed by atoms with E-state index in [4.69, 9.17) is 4.74 Å². The van der Waals surface area contributed by atoms with Gasteiger partial charge in [-0.15, -0.1) is 0 Å². The van der Waals surface area contributed by atoms with Crippen LogP contribution in [0.15, 0.2) is 18.2 Å². The number of hydrogen-bond acceptors (Lipinski definition) is 2. The third-order valence-corrected chi connectivity index (χ3v) is 3.06. The highest BCUT2D eigenvalue weighted by Gasteiger charge is 2.26. The summed E-state index contributed by atoms with van der Waals surface area (Å²) in [6, 6.07) is 4.50. The molecule has 0 radical (unpaired) electrons. The molecule has 1 aliphatic rings. The first-order chi connectivity index (χ1) is 8.08. The molecule has 1 amide bonds. The van der Waals surface area contributed by atoms with Crippen molar-refractivity contribution < 1.29 is 13.9 Å². The Morgan fingerprint density at radius 3 is 2.94 bits per heavy atom. The first kappa shape index (κ1) is 12.0. The van der Waals surface area contributed by atoms with Crippen LogP contribution in [0.1, 0.15) is 29.3 Å². The minimum atomic E-state index is -0.486. The van der Waals surface area contributed by atoms with Crippen molar-refractivity contribution in [3.05, 3.63) is 35.1 Å². The lowest BCUT2D eigenvalue weighted by Gasteiger charge is -2.16. The number of ether oxygens (including phenoxy) is 1. The summed E-state index contributed by atoms with van der Waals surface area (Å²) in [6.45, 7) is 4.38. The molecule has 1 aliphatic heterocycles. The van der Waals surface area contributed by atoms with Crippen LogP contribution in [0, 0.1) is 12.7 Å². The smallest absolute Gasteiger partial charge is 0.254 e. The number of hydrogen-bond donors (Lipinski definition) is 1. The van der Waals surface area contributed by atoms with Crippen molar-refractivity contribution in [2.75, 3.05) is 6.61 Å². The van der Waals surface area contributed by atoms with Crippen molar-refractivity contribution in [2.24, 2.45) is 0 Å². The number of halogens is 1. The first-order valence-electron chi connectivity index (χ1n) is 5.76. The molecule has 17 heavy (non-hydrogen) atoms. The second-order valence-corrected chi connectivity index (χ2v) is 4.43. The van der Waals surface area contributed by atoms with Crippen LogP contribution in [0.5, 0.6) is 0 Å². The van der Waals surface area contributed by atoms with Crippen molar-refractivity contribution >= 4 is 5.91 Å². The van der Waals surface area contributed by atoms with Crippen LogP contribution in [0.25, 0.3) is 0 Å². The zero-order valence-corrected chi connectivity index (χ0v) is 10.00. The van der Waals surface area contributed by atoms with Crippen LogP contribution in [0.3, 0.4) is 0 Å². The van der Waals surface area contributed by atoms with E-state index in [9.17, 15) is 9.18 Å². The Hall–Kier alpha value is -1.42. The van der Waals surface area contributed by atoms with Crippen LogP contribution in [0.4, 0.5) is 4.39 Å². The molecular weight excluding hydrogens is 221 g/mol. The Bertz CT molecular complexity index is 433. The summed E-state index contributed by atoms with van der Waals surface area (Å²) in [5.41, 5.74) is 0.969. The minimum absolute atomic E-state index is 0.00757. The van der Waals surface area contributed by atoms with Gasteiger partial charge in [0.1, 0.15) is 5.82 Å². The van der Waals surface area contributed by atoms with E-state index in [1.54, 1.807) is 12.1 Å². The monoisotopic (exact) mass is 237 g/mol. The van der Waals surface area contributed by atoms with Crippen molar-refractivity contribution in [1.82, 2.24) is 5.32 Å². The maximum atomic E-state index is 13.5. The highest BCUT2D eigenvalue weighted by Crippen LogP contribution is 2.15. The van der Waals surface area contributed by atoms with Gasteiger partial charge in [-0.2, -0.15) is 0 Å². The van der Waals surface area contributed by atoms with Gasteiger partial charge >= 0.3 is 0 Å². The quantitative estimate of drug-likeness (QED) is 0.854. The molecule has 0 saturated carbocycles. The van der Waals surface area contributed by atoms with Crippen molar-refractivity contribution in [3.63, 3.8) is 0 Å². The van der Waals surface area contributed by atoms with E-state index < -0.39 is 5.82 Å². The Morgan fingerprint density at radius 1 is 1.53 bits per heavy atom. The molecule has 1 aromatic rings. The summed E-state index contributed by atoms with van der Waals surface area (Å²) in [4.78, 5) is 11.9. The molecule has 1 heterocycles. The Balaban J connectivity index is 2.11. The number of aryl methyl sites for hydroxylation is 1. The second kappa shape index (κ2) is 4.84. The largest absolute Gasteiger partial charge is 0.376 e. The molecule has 0 spiro atoms. The molecule has 3 nitrogen and oxygen atoms in total. The van der Waals surface area contributed by atoms with Crippen LogP contribution in [0.2, 0.25) is 0 Å². The van der Waals surface area contributed by atoms with Gasteiger partial charge in [0.05, 0.1) is 17.7 Å². The van der Waals surface area contributed by atoms with Crippen molar-refractivity contribution in [3.8, 4) is 0 Å². The lowest BCUT2D eigenvalue weighted by molar-refractivity contribution is 0.0862. The van der Waals surface area contributed by atoms with Gasteiger partial charge in [-0.1, -0.05) is 11.6 Å². The Morgan fingerprint density at radius 2 is 2.29 bits per heavy atom. The summed E-state index contributed by atoms with van der Waals surface area (Å²) in [6.07, 6.45) is 0.771. The maximum absolute atomic E-state index is 13.5. The SMILES string of the molecule is Cc1ccc(F)c(C(=O)NC2CCOC2C)c1. The molecule has 0 bridgehead atoms. The maximum Gasteiger partial charge on any atom is 0.254 e. The number of amides is 1. The molecular formula is C13H16FNO2. The molecule has 2 unspecified atom stereocenters. The fourth-order valence-corrected chi connectivity index (χ4v) is 1.98. The fraction of sp³-hybridized carbons (Fsp3) is 0.462. The van der Waals surface area contributed by atoms with Gasteiger partial charge in [-0.25, -0.2) is 4.39 Å². The Kier molecular flexibility index (Phi) is 3.43. The standard InChI is InChI=1S/C13H16FNO2/c1-8-3-4-11(14)10(7-8)13(16)15-12-5-6-17-9(12)2/h3-4,7,9,12H,5-6H2,1-2H3,(H,15,16). The zero-order valence-electron chi connectivity index (χ0n) is 10.00. The number of carbonyl (C=O) groups excluding carboxylic acids is 1. The van der Waals surface area contributed by atoms with E-state index in [-0.39, 0.29) is 23.6 Å². The number of carbonyl (C=O) groups is 1. The molecule has 2 atom stereocenters. The zero-order chi connectivity index (χ0) is 12.4. The third kappa shape index (κ3) is 2.64. The molecule has 0 aromatic heterocycles. The molecule has 1 aromatic carbocycles. The van der Waals surface area contributed by atoms with E-state index in [1.807, 2.05) is 13.8 Å². The summed E-state index contributed by atoms with van der Waals surface area (Å²) < 4.78 is 18.8. The fourth-order valence-electron chi connectivity index (χ4n) is 1.98. The number of nitrogens with one attached hydrogen (secondary N) is 1. The lowest BCUT2D eigenvalue weighted by Crippen LogP contribution is -2.39. The lowest BCUT2D eigenvalue weighted by atomic mass is 10.1. The van der Waals surface area contributed by atoms with E-state index >= 15 is 0 Å². The molecule has 92 valence electrons. The minimum Gasteiger partial charge on any atom is -0.376 e. The van der Waals surface area contributed by atoms with E-state index in [0.29, 0.717) is 6.61 Å². The van der Waals surface area contributed by atoms with Crippen molar-refractivity contribution in [1.29, 1.82) is 0 Å². The average molecular weight is 237 g/mol. The highest BCUT2D eigenvalue weighted by molar-refractivity contribution is 5.94. The molecule has 0 aliphatic carbocycles. The van der Waals surface area contributed by atoms with Gasteiger partial charge in [0, 0.05) is 6.61 Å². The van der Waals surface area contributed by atoms with Crippen LogP contribution >= 0.6 is 0 Å². The van der Waals surface area contributed by atoms with Crippen LogP contribution in [-0.2, 0) is 4.74 Å². The molecule has 4 heteroatoms. The third-order valence-electron chi connectivity index (χ3n) is 3.06. The van der Waals surface area contributed by atoms with Crippen LogP contribution < -0.4 is 5.32 Å². The summed E-state index contributed by atoms with van der Waals surface area (Å²) in [5.74, 6) is -0.854. The predicted octanol–water partition coefficient (Wildman–Crippen LogP) is 2.04. The summed E-state index contributed by atoms with van der Waals surface area (Å²) >= 11 is 0. The Labute approximate surface area is 100.0 Å². The van der Waals surface area contributed by atoms with E-state index in [0.717, 1.165) is 12.0 Å². The normalized spacial score (nSPS) is 23.7. The summed E-state index contributed by atoms with van der Waals surface area (Å²) in [5, 5.41) is 2.81. The predicted molar refractivity (Wildman–Crippen MR) is 62.4 cm³/mol. The van der Waals surface area contributed by atoms with Gasteiger partial charge in [0.25, 0.3) is 5.91 Å². The molecule has 1 fully saturated rings.